The number of hydrogen-bond donors (Lipinski definition) is 1. The van der Waals surface area contributed by atoms with Crippen LogP contribution in [0.15, 0.2) is 18.5 Å². The average molecular weight is 247 g/mol. The Morgan fingerprint density at radius 1 is 1.29 bits per heavy atom. The van der Waals surface area contributed by atoms with E-state index in [1.165, 1.54) is 16.0 Å². The van der Waals surface area contributed by atoms with Crippen molar-refractivity contribution in [2.45, 2.75) is 26.8 Å². The third-order valence-electron chi connectivity index (χ3n) is 2.88. The molecule has 0 aliphatic carbocycles. The summed E-state index contributed by atoms with van der Waals surface area (Å²) in [5.74, 6) is 0. The molecule has 0 amide bonds. The maximum Gasteiger partial charge on any atom is 0.0900 e. The maximum absolute atomic E-state index is 4.49. The number of pyridine rings is 1. The Morgan fingerprint density at radius 3 is 2.59 bits per heavy atom. The summed E-state index contributed by atoms with van der Waals surface area (Å²) in [6, 6.07) is 2.23. The van der Waals surface area contributed by atoms with Crippen molar-refractivity contribution in [1.82, 2.24) is 15.3 Å². The molecule has 17 heavy (non-hydrogen) atoms. The van der Waals surface area contributed by atoms with Crippen molar-refractivity contribution in [1.29, 1.82) is 0 Å². The van der Waals surface area contributed by atoms with Crippen LogP contribution in [0.25, 0.3) is 0 Å². The van der Waals surface area contributed by atoms with Gasteiger partial charge < -0.3 is 5.32 Å². The van der Waals surface area contributed by atoms with E-state index in [1.54, 1.807) is 11.3 Å². The molecular weight excluding hydrogens is 230 g/mol. The zero-order valence-electron chi connectivity index (χ0n) is 10.6. The molecule has 2 aromatic rings. The minimum Gasteiger partial charge on any atom is -0.309 e. The standard InChI is InChI=1S/C13H17N3S/c1-8-5-6-15-7-11(8)12(14-4)13-9(2)16-10(3)17-13/h5-7,12,14H,1-4H3. The van der Waals surface area contributed by atoms with Crippen LogP contribution >= 0.6 is 11.3 Å². The van der Waals surface area contributed by atoms with Gasteiger partial charge >= 0.3 is 0 Å². The number of hydrogen-bond acceptors (Lipinski definition) is 4. The van der Waals surface area contributed by atoms with E-state index >= 15 is 0 Å². The Kier molecular flexibility index (Phi) is 3.54. The lowest BCUT2D eigenvalue weighted by molar-refractivity contribution is 0.690. The molecule has 0 spiro atoms. The van der Waals surface area contributed by atoms with E-state index in [0.29, 0.717) is 0 Å². The second-order valence-corrected chi connectivity index (χ2v) is 5.37. The molecule has 2 heterocycles. The van der Waals surface area contributed by atoms with Crippen molar-refractivity contribution < 1.29 is 0 Å². The van der Waals surface area contributed by atoms with Gasteiger partial charge in [-0.25, -0.2) is 4.98 Å². The molecule has 1 N–H and O–H groups in total. The topological polar surface area (TPSA) is 37.8 Å². The second kappa shape index (κ2) is 4.94. The summed E-state index contributed by atoms with van der Waals surface area (Å²) >= 11 is 1.75. The number of thiazole rings is 1. The van der Waals surface area contributed by atoms with Crippen LogP contribution in [0, 0.1) is 20.8 Å². The minimum atomic E-state index is 0.190. The molecule has 0 radical (unpaired) electrons. The molecule has 1 atom stereocenters. The molecule has 90 valence electrons. The molecule has 0 saturated heterocycles. The van der Waals surface area contributed by atoms with Gasteiger partial charge in [0.15, 0.2) is 0 Å². The van der Waals surface area contributed by atoms with Crippen molar-refractivity contribution in [2.24, 2.45) is 0 Å². The summed E-state index contributed by atoms with van der Waals surface area (Å²) in [6.07, 6.45) is 3.77. The first-order chi connectivity index (χ1) is 8.13. The van der Waals surface area contributed by atoms with E-state index in [9.17, 15) is 0 Å². The molecule has 0 bridgehead atoms. The van der Waals surface area contributed by atoms with E-state index < -0.39 is 0 Å². The molecule has 0 aliphatic rings. The quantitative estimate of drug-likeness (QED) is 0.906. The first kappa shape index (κ1) is 12.2. The van der Waals surface area contributed by atoms with E-state index in [0.717, 1.165) is 10.7 Å². The van der Waals surface area contributed by atoms with Gasteiger partial charge in [-0.1, -0.05) is 0 Å². The zero-order valence-corrected chi connectivity index (χ0v) is 11.4. The van der Waals surface area contributed by atoms with Crippen LogP contribution in [0.4, 0.5) is 0 Å². The van der Waals surface area contributed by atoms with E-state index in [2.05, 4.69) is 29.1 Å². The molecule has 3 nitrogen and oxygen atoms in total. The van der Waals surface area contributed by atoms with Crippen LogP contribution in [0.2, 0.25) is 0 Å². The summed E-state index contributed by atoms with van der Waals surface area (Å²) in [7, 11) is 1.98. The van der Waals surface area contributed by atoms with Crippen LogP contribution in [0.5, 0.6) is 0 Å². The summed E-state index contributed by atoms with van der Waals surface area (Å²) < 4.78 is 0. The molecule has 1 unspecified atom stereocenters. The van der Waals surface area contributed by atoms with Gasteiger partial charge in [-0.15, -0.1) is 11.3 Å². The van der Waals surface area contributed by atoms with Gasteiger partial charge in [-0.05, 0) is 45.0 Å². The van der Waals surface area contributed by atoms with E-state index in [1.807, 2.05) is 32.4 Å². The van der Waals surface area contributed by atoms with Crippen LogP contribution < -0.4 is 5.32 Å². The van der Waals surface area contributed by atoms with Crippen LogP contribution in [-0.4, -0.2) is 17.0 Å². The SMILES string of the molecule is CNC(c1cnccc1C)c1sc(C)nc1C. The summed E-state index contributed by atoms with van der Waals surface area (Å²) in [5.41, 5.74) is 3.58. The van der Waals surface area contributed by atoms with E-state index in [-0.39, 0.29) is 6.04 Å². The van der Waals surface area contributed by atoms with Gasteiger partial charge in [-0.2, -0.15) is 0 Å². The number of aryl methyl sites for hydroxylation is 3. The van der Waals surface area contributed by atoms with E-state index in [4.69, 9.17) is 0 Å². The highest BCUT2D eigenvalue weighted by atomic mass is 32.1. The van der Waals surface area contributed by atoms with Gasteiger partial charge in [-0.3, -0.25) is 4.98 Å². The second-order valence-electron chi connectivity index (χ2n) is 4.14. The number of nitrogens with one attached hydrogen (secondary N) is 1. The Bertz CT molecular complexity index is 519. The molecule has 0 aliphatic heterocycles. The Labute approximate surface area is 106 Å². The van der Waals surface area contributed by atoms with Gasteiger partial charge in [0.2, 0.25) is 0 Å². The fourth-order valence-electron chi connectivity index (χ4n) is 2.02. The van der Waals surface area contributed by atoms with Crippen molar-refractivity contribution in [2.75, 3.05) is 7.05 Å². The van der Waals surface area contributed by atoms with Crippen LogP contribution in [0.3, 0.4) is 0 Å². The zero-order chi connectivity index (χ0) is 12.4. The molecule has 2 aromatic heterocycles. The number of rotatable bonds is 3. The van der Waals surface area contributed by atoms with Crippen molar-refractivity contribution in [3.8, 4) is 0 Å². The average Bonchev–Trinajstić information content (AvgIpc) is 2.62. The Balaban J connectivity index is 2.47. The summed E-state index contributed by atoms with van der Waals surface area (Å²) in [6.45, 7) is 6.23. The smallest absolute Gasteiger partial charge is 0.0900 e. The van der Waals surface area contributed by atoms with Crippen molar-refractivity contribution >= 4 is 11.3 Å². The fraction of sp³-hybridized carbons (Fsp3) is 0.385. The van der Waals surface area contributed by atoms with Gasteiger partial charge in [0.25, 0.3) is 0 Å². The first-order valence-corrected chi connectivity index (χ1v) is 6.47. The summed E-state index contributed by atoms with van der Waals surface area (Å²) in [5, 5.41) is 4.47. The van der Waals surface area contributed by atoms with Gasteiger partial charge in [0.05, 0.1) is 16.7 Å². The molecule has 0 saturated carbocycles. The maximum atomic E-state index is 4.49. The largest absolute Gasteiger partial charge is 0.309 e. The molecule has 0 aromatic carbocycles. The molecule has 2 rings (SSSR count). The lowest BCUT2D eigenvalue weighted by atomic mass is 10.0. The molecular formula is C13H17N3S. The highest BCUT2D eigenvalue weighted by molar-refractivity contribution is 7.11. The highest BCUT2D eigenvalue weighted by Gasteiger charge is 2.19. The van der Waals surface area contributed by atoms with Crippen LogP contribution in [0.1, 0.15) is 32.7 Å². The predicted molar refractivity (Wildman–Crippen MR) is 71.5 cm³/mol. The summed E-state index contributed by atoms with van der Waals surface area (Å²) in [4.78, 5) is 9.99. The highest BCUT2D eigenvalue weighted by Crippen LogP contribution is 2.30. The minimum absolute atomic E-state index is 0.190. The lowest BCUT2D eigenvalue weighted by Gasteiger charge is -2.17. The van der Waals surface area contributed by atoms with Gasteiger partial charge in [0, 0.05) is 17.3 Å². The fourth-order valence-corrected chi connectivity index (χ4v) is 3.08. The van der Waals surface area contributed by atoms with Gasteiger partial charge in [0.1, 0.15) is 0 Å². The number of nitrogens with zero attached hydrogens (tertiary/aromatic N) is 2. The lowest BCUT2D eigenvalue weighted by Crippen LogP contribution is -2.18. The number of aromatic nitrogens is 2. The third-order valence-corrected chi connectivity index (χ3v) is 4.02. The van der Waals surface area contributed by atoms with Crippen LogP contribution in [-0.2, 0) is 0 Å². The Morgan fingerprint density at radius 2 is 2.06 bits per heavy atom. The monoisotopic (exact) mass is 247 g/mol. The molecule has 0 fully saturated rings. The van der Waals surface area contributed by atoms with Crippen molar-refractivity contribution in [3.63, 3.8) is 0 Å². The van der Waals surface area contributed by atoms with Crippen molar-refractivity contribution in [3.05, 3.63) is 45.2 Å². The first-order valence-electron chi connectivity index (χ1n) is 5.65. The third kappa shape index (κ3) is 2.37. The predicted octanol–water partition coefficient (Wildman–Crippen LogP) is 2.77. The Hall–Kier alpha value is -1.26. The molecule has 4 heteroatoms. The normalized spacial score (nSPS) is 12.7.